The van der Waals surface area contributed by atoms with E-state index in [0.717, 1.165) is 24.9 Å². The van der Waals surface area contributed by atoms with Crippen LogP contribution in [0.2, 0.25) is 0 Å². The van der Waals surface area contributed by atoms with Crippen LogP contribution in [0.4, 0.5) is 4.39 Å². The van der Waals surface area contributed by atoms with Crippen molar-refractivity contribution < 1.29 is 9.13 Å². The summed E-state index contributed by atoms with van der Waals surface area (Å²) in [4.78, 5) is 4.13. The molecular weight excluding hydrogens is 255 g/mol. The molecule has 1 aliphatic rings. The molecule has 1 aromatic rings. The first kappa shape index (κ1) is 15.2. The van der Waals surface area contributed by atoms with Crippen LogP contribution < -0.4 is 10.1 Å². The number of aromatic nitrogens is 1. The van der Waals surface area contributed by atoms with E-state index in [2.05, 4.69) is 24.1 Å². The number of nitrogens with zero attached hydrogens (tertiary/aromatic N) is 1. The molecule has 0 spiro atoms. The Labute approximate surface area is 120 Å². The fourth-order valence-corrected chi connectivity index (χ4v) is 2.54. The van der Waals surface area contributed by atoms with Gasteiger partial charge < -0.3 is 10.1 Å². The molecule has 4 heteroatoms. The molecule has 1 aliphatic carbocycles. The van der Waals surface area contributed by atoms with Crippen molar-refractivity contribution in [1.82, 2.24) is 10.3 Å². The smallest absolute Gasteiger partial charge is 0.218 e. The fraction of sp³-hybridized carbons (Fsp3) is 0.688. The molecule has 1 heterocycles. The van der Waals surface area contributed by atoms with Gasteiger partial charge in [-0.3, -0.25) is 0 Å². The summed E-state index contributed by atoms with van der Waals surface area (Å²) < 4.78 is 19.3. The lowest BCUT2D eigenvalue weighted by Gasteiger charge is -2.23. The first-order chi connectivity index (χ1) is 9.65. The summed E-state index contributed by atoms with van der Waals surface area (Å²) in [6.45, 7) is 5.80. The number of pyridine rings is 1. The molecule has 0 unspecified atom stereocenters. The maximum Gasteiger partial charge on any atom is 0.218 e. The van der Waals surface area contributed by atoms with E-state index >= 15 is 0 Å². The van der Waals surface area contributed by atoms with Crippen LogP contribution in [0.5, 0.6) is 5.88 Å². The lowest BCUT2D eigenvalue weighted by Crippen LogP contribution is -2.23. The van der Waals surface area contributed by atoms with E-state index in [4.69, 9.17) is 4.74 Å². The molecule has 0 bridgehead atoms. The van der Waals surface area contributed by atoms with Crippen molar-refractivity contribution >= 4 is 0 Å². The molecule has 2 rings (SSSR count). The van der Waals surface area contributed by atoms with Gasteiger partial charge in [0.15, 0.2) is 0 Å². The van der Waals surface area contributed by atoms with Gasteiger partial charge in [-0.05, 0) is 44.2 Å². The SMILES string of the molecule is CC(C)CNCc1cc(F)cnc1OC1CCCCC1. The van der Waals surface area contributed by atoms with Gasteiger partial charge in [-0.2, -0.15) is 0 Å². The van der Waals surface area contributed by atoms with Crippen LogP contribution >= 0.6 is 0 Å². The van der Waals surface area contributed by atoms with Gasteiger partial charge in [-0.1, -0.05) is 20.3 Å². The first-order valence-corrected chi connectivity index (χ1v) is 7.67. The van der Waals surface area contributed by atoms with Crippen molar-refractivity contribution in [2.45, 2.75) is 58.6 Å². The maximum absolute atomic E-state index is 13.4. The van der Waals surface area contributed by atoms with E-state index in [0.29, 0.717) is 18.3 Å². The molecular formula is C16H25FN2O. The minimum absolute atomic E-state index is 0.241. The Balaban J connectivity index is 1.98. The van der Waals surface area contributed by atoms with E-state index < -0.39 is 0 Å². The summed E-state index contributed by atoms with van der Waals surface area (Å²) in [5.74, 6) is 0.858. The highest BCUT2D eigenvalue weighted by atomic mass is 19.1. The summed E-state index contributed by atoms with van der Waals surface area (Å²) in [7, 11) is 0. The summed E-state index contributed by atoms with van der Waals surface area (Å²) in [6.07, 6.45) is 7.37. The van der Waals surface area contributed by atoms with Crippen molar-refractivity contribution in [1.29, 1.82) is 0 Å². The van der Waals surface area contributed by atoms with Crippen molar-refractivity contribution in [2.24, 2.45) is 5.92 Å². The Kier molecular flexibility index (Phi) is 5.77. The molecule has 3 nitrogen and oxygen atoms in total. The zero-order valence-corrected chi connectivity index (χ0v) is 12.5. The van der Waals surface area contributed by atoms with Gasteiger partial charge in [-0.25, -0.2) is 9.37 Å². The van der Waals surface area contributed by atoms with E-state index in [1.807, 2.05) is 0 Å². The zero-order chi connectivity index (χ0) is 14.4. The van der Waals surface area contributed by atoms with Gasteiger partial charge in [0, 0.05) is 12.1 Å². The summed E-state index contributed by atoms with van der Waals surface area (Å²) in [5, 5.41) is 3.32. The Hall–Kier alpha value is -1.16. The molecule has 0 amide bonds. The van der Waals surface area contributed by atoms with Crippen molar-refractivity contribution in [2.75, 3.05) is 6.54 Å². The van der Waals surface area contributed by atoms with Crippen LogP contribution in [-0.4, -0.2) is 17.6 Å². The van der Waals surface area contributed by atoms with Gasteiger partial charge in [0.1, 0.15) is 11.9 Å². The average Bonchev–Trinajstić information content (AvgIpc) is 2.42. The topological polar surface area (TPSA) is 34.2 Å². The number of hydrogen-bond donors (Lipinski definition) is 1. The number of rotatable bonds is 6. The Morgan fingerprint density at radius 2 is 2.10 bits per heavy atom. The molecule has 20 heavy (non-hydrogen) atoms. The van der Waals surface area contributed by atoms with Gasteiger partial charge in [-0.15, -0.1) is 0 Å². The van der Waals surface area contributed by atoms with Gasteiger partial charge in [0.2, 0.25) is 5.88 Å². The van der Waals surface area contributed by atoms with Gasteiger partial charge >= 0.3 is 0 Å². The lowest BCUT2D eigenvalue weighted by molar-refractivity contribution is 0.146. The van der Waals surface area contributed by atoms with Crippen molar-refractivity contribution in [3.63, 3.8) is 0 Å². The monoisotopic (exact) mass is 280 g/mol. The van der Waals surface area contributed by atoms with Crippen LogP contribution in [-0.2, 0) is 6.54 Å². The highest BCUT2D eigenvalue weighted by molar-refractivity contribution is 5.26. The van der Waals surface area contributed by atoms with Crippen LogP contribution in [0.3, 0.4) is 0 Å². The molecule has 0 aromatic carbocycles. The minimum Gasteiger partial charge on any atom is -0.474 e. The van der Waals surface area contributed by atoms with Crippen LogP contribution in [0.25, 0.3) is 0 Å². The number of ether oxygens (including phenoxy) is 1. The minimum atomic E-state index is -0.303. The average molecular weight is 280 g/mol. The van der Waals surface area contributed by atoms with Crippen molar-refractivity contribution in [3.05, 3.63) is 23.6 Å². The van der Waals surface area contributed by atoms with E-state index in [-0.39, 0.29) is 11.9 Å². The van der Waals surface area contributed by atoms with Crippen LogP contribution in [0, 0.1) is 11.7 Å². The van der Waals surface area contributed by atoms with E-state index in [9.17, 15) is 4.39 Å². The third-order valence-corrected chi connectivity index (χ3v) is 3.59. The molecule has 112 valence electrons. The predicted molar refractivity (Wildman–Crippen MR) is 78.2 cm³/mol. The second kappa shape index (κ2) is 7.58. The lowest BCUT2D eigenvalue weighted by atomic mass is 9.98. The molecule has 0 radical (unpaired) electrons. The highest BCUT2D eigenvalue weighted by Crippen LogP contribution is 2.24. The zero-order valence-electron chi connectivity index (χ0n) is 12.5. The van der Waals surface area contributed by atoms with E-state index in [1.165, 1.54) is 31.5 Å². The molecule has 1 fully saturated rings. The largest absolute Gasteiger partial charge is 0.474 e. The number of nitrogens with one attached hydrogen (secondary N) is 1. The molecule has 1 aromatic heterocycles. The predicted octanol–water partition coefficient (Wildman–Crippen LogP) is 3.68. The van der Waals surface area contributed by atoms with Crippen LogP contribution in [0.1, 0.15) is 51.5 Å². The van der Waals surface area contributed by atoms with Gasteiger partial charge in [0.05, 0.1) is 6.20 Å². The normalized spacial score (nSPS) is 16.6. The fourth-order valence-electron chi connectivity index (χ4n) is 2.54. The molecule has 1 saturated carbocycles. The summed E-state index contributed by atoms with van der Waals surface area (Å²) in [5.41, 5.74) is 0.816. The molecule has 0 atom stereocenters. The Morgan fingerprint density at radius 1 is 1.35 bits per heavy atom. The Morgan fingerprint density at radius 3 is 2.80 bits per heavy atom. The number of hydrogen-bond acceptors (Lipinski definition) is 3. The quantitative estimate of drug-likeness (QED) is 0.863. The highest BCUT2D eigenvalue weighted by Gasteiger charge is 2.17. The third-order valence-electron chi connectivity index (χ3n) is 3.59. The Bertz CT molecular complexity index is 417. The van der Waals surface area contributed by atoms with E-state index in [1.54, 1.807) is 0 Å². The maximum atomic E-state index is 13.4. The molecule has 1 N–H and O–H groups in total. The second-order valence-electron chi connectivity index (χ2n) is 6.02. The third kappa shape index (κ3) is 4.75. The first-order valence-electron chi connectivity index (χ1n) is 7.67. The summed E-state index contributed by atoms with van der Waals surface area (Å²) in [6, 6.07) is 1.53. The summed E-state index contributed by atoms with van der Waals surface area (Å²) >= 11 is 0. The van der Waals surface area contributed by atoms with Gasteiger partial charge in [0.25, 0.3) is 0 Å². The standard InChI is InChI=1S/C16H25FN2O/c1-12(2)9-18-10-13-8-14(17)11-19-16(13)20-15-6-4-3-5-7-15/h8,11-12,15,18H,3-7,9-10H2,1-2H3. The molecule has 0 saturated heterocycles. The molecule has 0 aliphatic heterocycles. The van der Waals surface area contributed by atoms with Crippen molar-refractivity contribution in [3.8, 4) is 5.88 Å². The number of halogens is 1. The van der Waals surface area contributed by atoms with Crippen LogP contribution in [0.15, 0.2) is 12.3 Å². The second-order valence-corrected chi connectivity index (χ2v) is 6.02.